The van der Waals surface area contributed by atoms with Gasteiger partial charge in [0.1, 0.15) is 5.65 Å². The fourth-order valence-electron chi connectivity index (χ4n) is 14.4. The van der Waals surface area contributed by atoms with E-state index in [2.05, 4.69) is 267 Å². The molecule has 7 aromatic heterocycles. The van der Waals surface area contributed by atoms with Gasteiger partial charge >= 0.3 is 0 Å². The summed E-state index contributed by atoms with van der Waals surface area (Å²) in [5.41, 5.74) is 19.8. The van der Waals surface area contributed by atoms with Gasteiger partial charge in [-0.1, -0.05) is 170 Å². The van der Waals surface area contributed by atoms with Crippen LogP contribution >= 0.6 is 0 Å². The highest BCUT2D eigenvalue weighted by Crippen LogP contribution is 2.50. The highest BCUT2D eigenvalue weighted by Gasteiger charge is 2.28. The van der Waals surface area contributed by atoms with Crippen LogP contribution in [-0.4, -0.2) is 22.9 Å². The number of pyridine rings is 1. The maximum atomic E-state index is 6.02. The van der Waals surface area contributed by atoms with Crippen molar-refractivity contribution in [3.8, 4) is 33.6 Å². The van der Waals surface area contributed by atoms with Crippen molar-refractivity contribution < 1.29 is 0 Å². The van der Waals surface area contributed by atoms with Gasteiger partial charge in [-0.2, -0.15) is 0 Å². The second-order valence-corrected chi connectivity index (χ2v) is 21.4. The molecule has 0 saturated heterocycles. The molecule has 5 heteroatoms. The molecule has 0 saturated carbocycles. The van der Waals surface area contributed by atoms with Crippen molar-refractivity contribution in [1.29, 1.82) is 0 Å². The molecule has 0 radical (unpaired) electrons. The molecule has 0 atom stereocenters. The first-order chi connectivity index (χ1) is 38.7. The summed E-state index contributed by atoms with van der Waals surface area (Å²) in [4.78, 5) is 6.02. The Kier molecular flexibility index (Phi) is 7.68. The van der Waals surface area contributed by atoms with E-state index in [1.54, 1.807) is 0 Å². The van der Waals surface area contributed by atoms with E-state index in [0.717, 1.165) is 33.4 Å². The van der Waals surface area contributed by atoms with E-state index in [-0.39, 0.29) is 0 Å². The molecule has 0 aliphatic rings. The molecule has 78 heavy (non-hydrogen) atoms. The number of hydrogen-bond donors (Lipinski definition) is 0. The zero-order chi connectivity index (χ0) is 50.5. The maximum absolute atomic E-state index is 6.02. The van der Waals surface area contributed by atoms with Gasteiger partial charge in [0.15, 0.2) is 0 Å². The third-order valence-electron chi connectivity index (χ3n) is 17.5. The molecule has 0 bridgehead atoms. The van der Waals surface area contributed by atoms with Crippen LogP contribution in [0.25, 0.3) is 175 Å². The lowest BCUT2D eigenvalue weighted by atomic mass is 9.97. The average Bonchev–Trinajstić information content (AvgIpc) is 3.83. The summed E-state index contributed by atoms with van der Waals surface area (Å²) >= 11 is 0. The SMILES string of the molecule is c1ccc(-n2c3ccccc3c3cc(-c4cccc5c6c7ccccc7cc7c8nc9c(cc8n(c45)c76)c4cc5ccccc5c5c6cccc(-c7ccc8c(c7)c7ccccc7n8-c7ccccc7)c6n9c45)ccc32)cc1. The van der Waals surface area contributed by atoms with Gasteiger partial charge in [-0.15, -0.1) is 0 Å². The van der Waals surface area contributed by atoms with E-state index in [4.69, 9.17) is 4.98 Å². The van der Waals surface area contributed by atoms with Crippen LogP contribution in [0.3, 0.4) is 0 Å². The lowest BCUT2D eigenvalue weighted by molar-refractivity contribution is 1.18. The molecule has 12 aromatic carbocycles. The second-order valence-electron chi connectivity index (χ2n) is 21.4. The first kappa shape index (κ1) is 40.8. The standard InChI is InChI=1S/C73H41N5/c1-3-19-46(20-4-1)75-61-31-13-11-25-52(61)56-37-44(33-35-63(56)75)50-27-15-29-54-67-49-24-10-8-18-43(49)40-60-68-65(77(69(50)54)72(60)67)41-59-58-39-42-17-7-9-23-48(42)66-55-30-16-28-51(70(55)78(71(58)66)73(59)74-68)45-34-36-64-57(38-45)53-26-12-14-32-62(53)76(64)47-21-5-2-6-22-47/h1-41H. The minimum Gasteiger partial charge on any atom is -0.309 e. The molecule has 0 unspecified atom stereocenters. The topological polar surface area (TPSA) is 31.6 Å². The van der Waals surface area contributed by atoms with Crippen LogP contribution in [-0.2, 0) is 0 Å². The molecular weight excluding hydrogens is 947 g/mol. The number of nitrogens with zero attached hydrogens (tertiary/aromatic N) is 5. The number of para-hydroxylation sites is 6. The Morgan fingerprint density at radius 1 is 0.256 bits per heavy atom. The molecule has 0 fully saturated rings. The summed E-state index contributed by atoms with van der Waals surface area (Å²) in [6.45, 7) is 0. The summed E-state index contributed by atoms with van der Waals surface area (Å²) in [5, 5.41) is 18.4. The molecule has 19 rings (SSSR count). The fourth-order valence-corrected chi connectivity index (χ4v) is 14.4. The van der Waals surface area contributed by atoms with Crippen molar-refractivity contribution in [2.75, 3.05) is 0 Å². The third kappa shape index (κ3) is 5.09. The Morgan fingerprint density at radius 3 is 1.27 bits per heavy atom. The van der Waals surface area contributed by atoms with Crippen LogP contribution in [0, 0.1) is 0 Å². The normalized spacial score (nSPS) is 12.6. The molecule has 0 amide bonds. The Labute approximate surface area is 444 Å². The van der Waals surface area contributed by atoms with Crippen LogP contribution in [0.5, 0.6) is 0 Å². The molecule has 0 spiro atoms. The first-order valence-corrected chi connectivity index (χ1v) is 27.0. The van der Waals surface area contributed by atoms with Crippen LogP contribution in [0.4, 0.5) is 0 Å². The van der Waals surface area contributed by atoms with E-state index < -0.39 is 0 Å². The van der Waals surface area contributed by atoms with Gasteiger partial charge in [-0.05, 0) is 112 Å². The van der Waals surface area contributed by atoms with Crippen LogP contribution < -0.4 is 0 Å². The molecule has 19 aromatic rings. The predicted octanol–water partition coefficient (Wildman–Crippen LogP) is 19.2. The van der Waals surface area contributed by atoms with Crippen LogP contribution in [0.15, 0.2) is 249 Å². The van der Waals surface area contributed by atoms with E-state index >= 15 is 0 Å². The van der Waals surface area contributed by atoms with Gasteiger partial charge in [0.05, 0.1) is 55.2 Å². The van der Waals surface area contributed by atoms with Gasteiger partial charge in [-0.3, -0.25) is 4.40 Å². The zero-order valence-corrected chi connectivity index (χ0v) is 41.9. The summed E-state index contributed by atoms with van der Waals surface area (Å²) in [7, 11) is 0. The van der Waals surface area contributed by atoms with Crippen molar-refractivity contribution in [2.45, 2.75) is 0 Å². The zero-order valence-electron chi connectivity index (χ0n) is 41.9. The molecule has 358 valence electrons. The molecule has 0 aliphatic carbocycles. The van der Waals surface area contributed by atoms with Crippen molar-refractivity contribution >= 4 is 142 Å². The fraction of sp³-hybridized carbons (Fsp3) is 0. The van der Waals surface area contributed by atoms with Gasteiger partial charge in [0.2, 0.25) is 0 Å². The molecule has 0 aliphatic heterocycles. The Hall–Kier alpha value is -10.5. The Balaban J connectivity index is 0.929. The second kappa shape index (κ2) is 14.7. The summed E-state index contributed by atoms with van der Waals surface area (Å²) < 4.78 is 9.89. The van der Waals surface area contributed by atoms with Crippen molar-refractivity contribution in [3.63, 3.8) is 0 Å². The quantitative estimate of drug-likeness (QED) is 0.173. The smallest absolute Gasteiger partial charge is 0.146 e. The summed E-state index contributed by atoms with van der Waals surface area (Å²) in [5.74, 6) is 0. The monoisotopic (exact) mass is 987 g/mol. The average molecular weight is 988 g/mol. The number of rotatable bonds is 4. The lowest BCUT2D eigenvalue weighted by Gasteiger charge is -2.10. The maximum Gasteiger partial charge on any atom is 0.146 e. The van der Waals surface area contributed by atoms with Crippen molar-refractivity contribution in [2.24, 2.45) is 0 Å². The minimum atomic E-state index is 0.977. The van der Waals surface area contributed by atoms with Crippen LogP contribution in [0.2, 0.25) is 0 Å². The van der Waals surface area contributed by atoms with Gasteiger partial charge in [0.25, 0.3) is 0 Å². The number of benzene rings is 12. The largest absolute Gasteiger partial charge is 0.309 e. The third-order valence-corrected chi connectivity index (χ3v) is 17.5. The molecule has 7 heterocycles. The highest BCUT2D eigenvalue weighted by molar-refractivity contribution is 6.36. The highest BCUT2D eigenvalue weighted by atomic mass is 15.0. The van der Waals surface area contributed by atoms with E-state index in [1.165, 1.54) is 142 Å². The Morgan fingerprint density at radius 2 is 0.705 bits per heavy atom. The molecule has 0 N–H and O–H groups in total. The molecule has 5 nitrogen and oxygen atoms in total. The summed E-state index contributed by atoms with van der Waals surface area (Å²) in [6.07, 6.45) is 0. The van der Waals surface area contributed by atoms with Gasteiger partial charge in [-0.25, -0.2) is 4.98 Å². The van der Waals surface area contributed by atoms with Gasteiger partial charge < -0.3 is 13.5 Å². The number of fused-ring (bicyclic) bond motifs is 22. The summed E-state index contributed by atoms with van der Waals surface area (Å²) in [6, 6.07) is 92.2. The van der Waals surface area contributed by atoms with Crippen molar-refractivity contribution in [3.05, 3.63) is 249 Å². The number of hydrogen-bond acceptors (Lipinski definition) is 1. The van der Waals surface area contributed by atoms with Crippen LogP contribution in [0.1, 0.15) is 0 Å². The number of aromatic nitrogens is 5. The Bertz CT molecular complexity index is 5430. The first-order valence-electron chi connectivity index (χ1n) is 27.0. The van der Waals surface area contributed by atoms with E-state index in [9.17, 15) is 0 Å². The van der Waals surface area contributed by atoms with E-state index in [1.807, 2.05) is 0 Å². The predicted molar refractivity (Wildman–Crippen MR) is 328 cm³/mol. The van der Waals surface area contributed by atoms with Crippen molar-refractivity contribution in [1.82, 2.24) is 22.9 Å². The van der Waals surface area contributed by atoms with Gasteiger partial charge in [0, 0.05) is 81.8 Å². The lowest BCUT2D eigenvalue weighted by Crippen LogP contribution is -1.93. The molecular formula is C73H41N5. The minimum absolute atomic E-state index is 0.977. The van der Waals surface area contributed by atoms with E-state index in [0.29, 0.717) is 0 Å².